The van der Waals surface area contributed by atoms with Crippen molar-refractivity contribution >= 4 is 35.0 Å². The standard InChI is InChI=1S/C27H29F2N9O4/c1-4-16(39)10-37-24(41)21-22(35(3)26(37)42)32-13-38(21)14(2)23(40)34-20-7-5-6-19(33-20)15-8-30-25(31-9-15)36-11-17-18(12-36)27(17,28)29/h5-9,14,17-18,32H,4,10-13H2,1-3H3,(H,33,34,40)/t14-,17?,18?/m0/s1. The summed E-state index contributed by atoms with van der Waals surface area (Å²) in [5.41, 5.74) is -0.0687. The van der Waals surface area contributed by atoms with Gasteiger partial charge in [-0.05, 0) is 19.1 Å². The number of aromatic nitrogens is 5. The topological polar surface area (TPSA) is 147 Å². The van der Waals surface area contributed by atoms with Crippen molar-refractivity contribution in [1.82, 2.24) is 24.1 Å². The number of nitrogens with one attached hydrogen (secondary N) is 2. The molecule has 1 aliphatic carbocycles. The Morgan fingerprint density at radius 2 is 1.86 bits per heavy atom. The minimum absolute atomic E-state index is 0.103. The summed E-state index contributed by atoms with van der Waals surface area (Å²) in [5.74, 6) is -3.64. The minimum atomic E-state index is -2.58. The molecule has 0 radical (unpaired) electrons. The molecule has 3 aliphatic rings. The molecule has 15 heteroatoms. The van der Waals surface area contributed by atoms with E-state index < -0.39 is 41.0 Å². The van der Waals surface area contributed by atoms with Crippen molar-refractivity contribution < 1.29 is 18.4 Å². The van der Waals surface area contributed by atoms with Crippen LogP contribution in [0.2, 0.25) is 0 Å². The molecule has 0 bridgehead atoms. The van der Waals surface area contributed by atoms with Gasteiger partial charge in [0.05, 0.1) is 30.7 Å². The molecule has 2 fully saturated rings. The summed E-state index contributed by atoms with van der Waals surface area (Å²) in [6.45, 7) is 3.48. The summed E-state index contributed by atoms with van der Waals surface area (Å²) in [7, 11) is 1.49. The number of hydrogen-bond donors (Lipinski definition) is 2. The number of carbonyl (C=O) groups is 2. The van der Waals surface area contributed by atoms with Crippen molar-refractivity contribution in [3.63, 3.8) is 0 Å². The van der Waals surface area contributed by atoms with Crippen LogP contribution in [-0.2, 0) is 23.2 Å². The van der Waals surface area contributed by atoms with Gasteiger partial charge in [0.1, 0.15) is 23.4 Å². The number of Topliss-reactive ketones (excluding diaryl/α,β-unsaturated/α-hetero) is 1. The number of piperidine rings is 1. The van der Waals surface area contributed by atoms with Gasteiger partial charge in [-0.25, -0.2) is 28.5 Å². The van der Waals surface area contributed by atoms with Gasteiger partial charge in [-0.2, -0.15) is 0 Å². The number of alkyl halides is 2. The molecule has 1 amide bonds. The number of pyridine rings is 1. The van der Waals surface area contributed by atoms with Crippen molar-refractivity contribution in [3.8, 4) is 11.3 Å². The first-order valence-electron chi connectivity index (χ1n) is 13.6. The second-order valence-electron chi connectivity index (χ2n) is 10.8. The average Bonchev–Trinajstić information content (AvgIpc) is 3.41. The molecule has 2 unspecified atom stereocenters. The number of amides is 1. The van der Waals surface area contributed by atoms with E-state index in [1.807, 2.05) is 0 Å². The van der Waals surface area contributed by atoms with Gasteiger partial charge in [0.2, 0.25) is 11.9 Å². The van der Waals surface area contributed by atoms with Crippen molar-refractivity contribution in [2.45, 2.75) is 38.8 Å². The van der Waals surface area contributed by atoms with Crippen LogP contribution in [0.3, 0.4) is 0 Å². The predicted octanol–water partition coefficient (Wildman–Crippen LogP) is 1.30. The maximum Gasteiger partial charge on any atom is 0.332 e. The van der Waals surface area contributed by atoms with Gasteiger partial charge in [-0.15, -0.1) is 0 Å². The summed E-state index contributed by atoms with van der Waals surface area (Å²) >= 11 is 0. The van der Waals surface area contributed by atoms with Crippen LogP contribution in [0.5, 0.6) is 0 Å². The number of fused-ring (bicyclic) bond motifs is 2. The van der Waals surface area contributed by atoms with Gasteiger partial charge in [-0.3, -0.25) is 23.5 Å². The summed E-state index contributed by atoms with van der Waals surface area (Å²) in [4.78, 5) is 67.7. The van der Waals surface area contributed by atoms with Gasteiger partial charge in [0, 0.05) is 44.5 Å². The predicted molar refractivity (Wildman–Crippen MR) is 150 cm³/mol. The van der Waals surface area contributed by atoms with E-state index in [4.69, 9.17) is 0 Å². The number of ketones is 1. The maximum atomic E-state index is 13.5. The van der Waals surface area contributed by atoms with E-state index in [2.05, 4.69) is 25.6 Å². The van der Waals surface area contributed by atoms with Crippen molar-refractivity contribution in [2.24, 2.45) is 18.9 Å². The maximum absolute atomic E-state index is 13.5. The molecule has 1 saturated carbocycles. The average molecular weight is 582 g/mol. The highest BCUT2D eigenvalue weighted by Crippen LogP contribution is 2.59. The van der Waals surface area contributed by atoms with E-state index in [0.717, 1.165) is 4.57 Å². The van der Waals surface area contributed by atoms with E-state index in [9.17, 15) is 28.0 Å². The number of halogens is 2. The fourth-order valence-corrected chi connectivity index (χ4v) is 5.54. The number of rotatable bonds is 8. The Balaban J connectivity index is 1.17. The first-order valence-corrected chi connectivity index (χ1v) is 13.6. The van der Waals surface area contributed by atoms with E-state index >= 15 is 0 Å². The molecular weight excluding hydrogens is 552 g/mol. The van der Waals surface area contributed by atoms with Crippen LogP contribution in [0.4, 0.5) is 32.1 Å². The largest absolute Gasteiger partial charge is 0.352 e. The second-order valence-corrected chi connectivity index (χ2v) is 10.8. The molecular formula is C27H29F2N9O4. The molecule has 3 aromatic rings. The molecule has 0 spiro atoms. The molecule has 5 heterocycles. The van der Waals surface area contributed by atoms with Crippen LogP contribution in [0.1, 0.15) is 20.3 Å². The zero-order valence-corrected chi connectivity index (χ0v) is 23.2. The summed E-state index contributed by atoms with van der Waals surface area (Å²) in [5, 5.41) is 5.76. The number of carbonyl (C=O) groups excluding carboxylic acids is 2. The number of nitrogens with zero attached hydrogens (tertiary/aromatic N) is 7. The van der Waals surface area contributed by atoms with Gasteiger partial charge in [0.25, 0.3) is 11.5 Å². The smallest absolute Gasteiger partial charge is 0.332 e. The van der Waals surface area contributed by atoms with E-state index in [-0.39, 0.29) is 55.8 Å². The Bertz CT molecular complexity index is 1690. The molecule has 1 saturated heterocycles. The second kappa shape index (κ2) is 9.99. The summed E-state index contributed by atoms with van der Waals surface area (Å²) < 4.78 is 29.2. The fraction of sp³-hybridized carbons (Fsp3) is 0.444. The van der Waals surface area contributed by atoms with Gasteiger partial charge in [-0.1, -0.05) is 13.0 Å². The zero-order chi connectivity index (χ0) is 29.9. The van der Waals surface area contributed by atoms with Crippen LogP contribution < -0.4 is 31.7 Å². The molecule has 0 aromatic carbocycles. The minimum Gasteiger partial charge on any atom is -0.352 e. The van der Waals surface area contributed by atoms with Gasteiger partial charge in [0.15, 0.2) is 5.78 Å². The van der Waals surface area contributed by atoms with Crippen LogP contribution >= 0.6 is 0 Å². The van der Waals surface area contributed by atoms with Crippen molar-refractivity contribution in [1.29, 1.82) is 0 Å². The van der Waals surface area contributed by atoms with E-state index in [1.165, 1.54) is 16.5 Å². The van der Waals surface area contributed by atoms with Crippen LogP contribution in [0, 0.1) is 11.8 Å². The lowest BCUT2D eigenvalue weighted by Crippen LogP contribution is -2.46. The Morgan fingerprint density at radius 1 is 1.17 bits per heavy atom. The Morgan fingerprint density at radius 3 is 2.52 bits per heavy atom. The Labute approximate surface area is 238 Å². The third-order valence-corrected chi connectivity index (χ3v) is 8.22. The fourth-order valence-electron chi connectivity index (χ4n) is 5.54. The zero-order valence-electron chi connectivity index (χ0n) is 23.2. The molecule has 2 aliphatic heterocycles. The monoisotopic (exact) mass is 581 g/mol. The molecule has 3 atom stereocenters. The molecule has 3 aromatic heterocycles. The van der Waals surface area contributed by atoms with E-state index in [0.29, 0.717) is 17.2 Å². The lowest BCUT2D eigenvalue weighted by Gasteiger charge is -2.24. The SMILES string of the molecule is CCC(=O)Cn1c(=O)c2c(n(C)c1=O)NCN2[C@@H](C)C(=O)Nc1cccc(-c2cnc(N3CC4C(C3)C4(F)F)nc2)n1. The lowest BCUT2D eigenvalue weighted by atomic mass is 10.2. The van der Waals surface area contributed by atoms with Gasteiger partial charge >= 0.3 is 5.69 Å². The van der Waals surface area contributed by atoms with Crippen molar-refractivity contribution in [2.75, 3.05) is 40.2 Å². The quantitative estimate of drug-likeness (QED) is 0.399. The Hall–Kier alpha value is -4.69. The van der Waals surface area contributed by atoms with Crippen molar-refractivity contribution in [3.05, 3.63) is 51.4 Å². The van der Waals surface area contributed by atoms with E-state index in [1.54, 1.807) is 49.3 Å². The van der Waals surface area contributed by atoms with Crippen LogP contribution in [0.25, 0.3) is 11.3 Å². The highest BCUT2D eigenvalue weighted by molar-refractivity contribution is 5.97. The van der Waals surface area contributed by atoms with Crippen LogP contribution in [-0.4, -0.2) is 67.5 Å². The molecule has 13 nitrogen and oxygen atoms in total. The molecule has 6 rings (SSSR count). The first-order chi connectivity index (χ1) is 20.0. The first kappa shape index (κ1) is 27.5. The number of hydrogen-bond acceptors (Lipinski definition) is 10. The normalized spacial score (nSPS) is 20.5. The lowest BCUT2D eigenvalue weighted by molar-refractivity contribution is -0.119. The summed E-state index contributed by atoms with van der Waals surface area (Å²) in [6, 6.07) is 4.21. The van der Waals surface area contributed by atoms with Crippen LogP contribution in [0.15, 0.2) is 40.2 Å². The molecule has 220 valence electrons. The summed E-state index contributed by atoms with van der Waals surface area (Å²) in [6.07, 6.45) is 3.30. The molecule has 42 heavy (non-hydrogen) atoms. The Kier molecular flexibility index (Phi) is 6.54. The molecule has 2 N–H and O–H groups in total. The highest BCUT2D eigenvalue weighted by Gasteiger charge is 2.72. The highest BCUT2D eigenvalue weighted by atomic mass is 19.3. The third kappa shape index (κ3) is 4.48. The van der Waals surface area contributed by atoms with Gasteiger partial charge < -0.3 is 20.4 Å². The number of anilines is 4. The third-order valence-electron chi connectivity index (χ3n) is 8.22.